The monoisotopic (exact) mass is 471 g/mol. The van der Waals surface area contributed by atoms with Crippen LogP contribution in [0.5, 0.6) is 5.75 Å². The Morgan fingerprint density at radius 1 is 1.07 bits per heavy atom. The highest BCUT2D eigenvalue weighted by Crippen LogP contribution is 2.31. The van der Waals surface area contributed by atoms with Crippen LogP contribution in [0.25, 0.3) is 0 Å². The van der Waals surface area contributed by atoms with E-state index in [2.05, 4.69) is 10.2 Å². The molecule has 1 fully saturated rings. The number of hydrogen-bond acceptors (Lipinski definition) is 5. The number of methoxy groups -OCH3 is 1. The topological polar surface area (TPSA) is 79.0 Å². The Hall–Kier alpha value is -1.84. The Morgan fingerprint density at radius 2 is 1.77 bits per heavy atom. The number of hydrogen-bond donors (Lipinski definition) is 1. The molecule has 30 heavy (non-hydrogen) atoms. The number of rotatable bonds is 7. The zero-order valence-electron chi connectivity index (χ0n) is 16.5. The molecule has 1 amide bonds. The molecular weight excluding hydrogens is 449 g/mol. The summed E-state index contributed by atoms with van der Waals surface area (Å²) in [7, 11) is -2.17. The van der Waals surface area contributed by atoms with Crippen LogP contribution >= 0.6 is 23.2 Å². The molecule has 0 unspecified atom stereocenters. The standard InChI is InChI=1S/C20H23Cl2N3O4S/c1-29-17-7-3-2-6-16(17)23-19(26)9-10-24-11-13-25(14-12-24)30(27,28)18-8-4-5-15(21)20(18)22/h2-8H,9-14H2,1H3,(H,23,26). The SMILES string of the molecule is COc1ccccc1NC(=O)CCN1CCN(S(=O)(=O)c2cccc(Cl)c2Cl)CC1. The molecule has 2 aromatic carbocycles. The Labute approximate surface area is 186 Å². The van der Waals surface area contributed by atoms with E-state index in [1.54, 1.807) is 31.4 Å². The van der Waals surface area contributed by atoms with E-state index in [9.17, 15) is 13.2 Å². The van der Waals surface area contributed by atoms with Crippen LogP contribution in [0.4, 0.5) is 5.69 Å². The van der Waals surface area contributed by atoms with Crippen LogP contribution in [-0.4, -0.2) is 63.4 Å². The van der Waals surface area contributed by atoms with Crippen molar-refractivity contribution in [2.75, 3.05) is 45.2 Å². The summed E-state index contributed by atoms with van der Waals surface area (Å²) in [6.45, 7) is 2.23. The van der Waals surface area contributed by atoms with E-state index >= 15 is 0 Å². The van der Waals surface area contributed by atoms with Gasteiger partial charge in [0.05, 0.1) is 22.8 Å². The van der Waals surface area contributed by atoms with Crippen LogP contribution in [-0.2, 0) is 14.8 Å². The first-order valence-corrected chi connectivity index (χ1v) is 11.6. The van der Waals surface area contributed by atoms with Gasteiger partial charge in [-0.25, -0.2) is 8.42 Å². The van der Waals surface area contributed by atoms with Gasteiger partial charge >= 0.3 is 0 Å². The zero-order valence-corrected chi connectivity index (χ0v) is 18.8. The molecule has 0 aromatic heterocycles. The Balaban J connectivity index is 1.52. The van der Waals surface area contributed by atoms with Gasteiger partial charge in [0.1, 0.15) is 10.6 Å². The van der Waals surface area contributed by atoms with Crippen molar-refractivity contribution in [3.8, 4) is 5.75 Å². The number of ether oxygens (including phenoxy) is 1. The van der Waals surface area contributed by atoms with E-state index < -0.39 is 10.0 Å². The quantitative estimate of drug-likeness (QED) is 0.669. The number of benzene rings is 2. The average Bonchev–Trinajstić information content (AvgIpc) is 2.74. The maximum atomic E-state index is 12.9. The largest absolute Gasteiger partial charge is 0.495 e. The van der Waals surface area contributed by atoms with Crippen LogP contribution in [0.3, 0.4) is 0 Å². The third-order valence-electron chi connectivity index (χ3n) is 4.90. The molecule has 1 saturated heterocycles. The Bertz CT molecular complexity index is 1010. The lowest BCUT2D eigenvalue weighted by atomic mass is 10.2. The summed E-state index contributed by atoms with van der Waals surface area (Å²) >= 11 is 12.1. The average molecular weight is 472 g/mol. The van der Waals surface area contributed by atoms with Gasteiger partial charge in [-0.2, -0.15) is 4.31 Å². The number of carbonyl (C=O) groups is 1. The molecule has 0 aliphatic carbocycles. The highest BCUT2D eigenvalue weighted by molar-refractivity contribution is 7.89. The molecule has 0 radical (unpaired) electrons. The van der Waals surface area contributed by atoms with E-state index in [0.717, 1.165) is 0 Å². The zero-order chi connectivity index (χ0) is 21.7. The van der Waals surface area contributed by atoms with Gasteiger partial charge in [-0.3, -0.25) is 4.79 Å². The fourth-order valence-electron chi connectivity index (χ4n) is 3.24. The maximum Gasteiger partial charge on any atom is 0.244 e. The first kappa shape index (κ1) is 22.8. The van der Waals surface area contributed by atoms with Crippen LogP contribution in [0, 0.1) is 0 Å². The Kier molecular flexibility index (Phi) is 7.60. The summed E-state index contributed by atoms with van der Waals surface area (Å²) in [5.41, 5.74) is 0.624. The number of nitrogens with zero attached hydrogens (tertiary/aromatic N) is 2. The number of halogens is 2. The van der Waals surface area contributed by atoms with Crippen molar-refractivity contribution < 1.29 is 17.9 Å². The van der Waals surface area contributed by atoms with E-state index in [0.29, 0.717) is 50.6 Å². The smallest absolute Gasteiger partial charge is 0.244 e. The lowest BCUT2D eigenvalue weighted by molar-refractivity contribution is -0.116. The van der Waals surface area contributed by atoms with E-state index in [1.807, 2.05) is 12.1 Å². The van der Waals surface area contributed by atoms with Crippen molar-refractivity contribution in [1.82, 2.24) is 9.21 Å². The minimum Gasteiger partial charge on any atom is -0.495 e. The van der Waals surface area contributed by atoms with Gasteiger partial charge in [-0.05, 0) is 24.3 Å². The van der Waals surface area contributed by atoms with Crippen molar-refractivity contribution in [2.45, 2.75) is 11.3 Å². The second-order valence-electron chi connectivity index (χ2n) is 6.80. The molecule has 0 bridgehead atoms. The number of nitrogens with one attached hydrogen (secondary N) is 1. The summed E-state index contributed by atoms with van der Waals surface area (Å²) in [5.74, 6) is 0.476. The summed E-state index contributed by atoms with van der Waals surface area (Å²) in [4.78, 5) is 14.4. The molecule has 1 N–H and O–H groups in total. The third-order valence-corrected chi connectivity index (χ3v) is 7.77. The molecule has 1 aliphatic rings. The fourth-order valence-corrected chi connectivity index (χ4v) is 5.39. The molecule has 1 aliphatic heterocycles. The minimum atomic E-state index is -3.72. The predicted octanol–water partition coefficient (Wildman–Crippen LogP) is 3.34. The van der Waals surface area contributed by atoms with Crippen LogP contribution in [0.2, 0.25) is 10.0 Å². The molecule has 10 heteroatoms. The van der Waals surface area contributed by atoms with Gasteiger partial charge in [-0.1, -0.05) is 41.4 Å². The number of sulfonamides is 1. The van der Waals surface area contributed by atoms with Crippen molar-refractivity contribution in [3.63, 3.8) is 0 Å². The van der Waals surface area contributed by atoms with Gasteiger partial charge < -0.3 is 15.0 Å². The minimum absolute atomic E-state index is 0.0151. The third kappa shape index (κ3) is 5.25. The lowest BCUT2D eigenvalue weighted by Gasteiger charge is -2.34. The van der Waals surface area contributed by atoms with Gasteiger partial charge in [0.15, 0.2) is 0 Å². The molecule has 2 aromatic rings. The van der Waals surface area contributed by atoms with Crippen molar-refractivity contribution in [2.24, 2.45) is 0 Å². The first-order chi connectivity index (χ1) is 14.3. The number of anilines is 1. The molecular formula is C20H23Cl2N3O4S. The number of para-hydroxylation sites is 2. The molecule has 0 atom stereocenters. The molecule has 0 saturated carbocycles. The van der Waals surface area contributed by atoms with Gasteiger partial charge in [0.25, 0.3) is 0 Å². The highest BCUT2D eigenvalue weighted by atomic mass is 35.5. The fraction of sp³-hybridized carbons (Fsp3) is 0.350. The van der Waals surface area contributed by atoms with E-state index in [4.69, 9.17) is 27.9 Å². The maximum absolute atomic E-state index is 12.9. The molecule has 3 rings (SSSR count). The number of piperazine rings is 1. The highest BCUT2D eigenvalue weighted by Gasteiger charge is 2.30. The summed E-state index contributed by atoms with van der Waals surface area (Å²) in [6, 6.07) is 11.8. The van der Waals surface area contributed by atoms with Gasteiger partial charge in [0.2, 0.25) is 15.9 Å². The summed E-state index contributed by atoms with van der Waals surface area (Å²) < 4.78 is 32.4. The van der Waals surface area contributed by atoms with Crippen molar-refractivity contribution >= 4 is 44.8 Å². The van der Waals surface area contributed by atoms with Crippen LogP contribution in [0.15, 0.2) is 47.4 Å². The molecule has 7 nitrogen and oxygen atoms in total. The summed E-state index contributed by atoms with van der Waals surface area (Å²) in [5, 5.41) is 3.09. The van der Waals surface area contributed by atoms with Crippen LogP contribution < -0.4 is 10.1 Å². The molecule has 162 valence electrons. The van der Waals surface area contributed by atoms with E-state index in [-0.39, 0.29) is 20.8 Å². The molecule has 1 heterocycles. The predicted molar refractivity (Wildman–Crippen MR) is 118 cm³/mol. The van der Waals surface area contributed by atoms with Crippen LogP contribution in [0.1, 0.15) is 6.42 Å². The number of carbonyl (C=O) groups excluding carboxylic acids is 1. The van der Waals surface area contributed by atoms with Gasteiger partial charge in [0, 0.05) is 39.1 Å². The van der Waals surface area contributed by atoms with E-state index in [1.165, 1.54) is 10.4 Å². The second-order valence-corrected chi connectivity index (χ2v) is 9.49. The Morgan fingerprint density at radius 3 is 2.47 bits per heavy atom. The second kappa shape index (κ2) is 9.98. The normalized spacial score (nSPS) is 15.7. The van der Waals surface area contributed by atoms with Crippen molar-refractivity contribution in [3.05, 3.63) is 52.5 Å². The molecule has 0 spiro atoms. The number of amides is 1. The van der Waals surface area contributed by atoms with Crippen molar-refractivity contribution in [1.29, 1.82) is 0 Å². The lowest BCUT2D eigenvalue weighted by Crippen LogP contribution is -2.49. The summed E-state index contributed by atoms with van der Waals surface area (Å²) in [6.07, 6.45) is 0.297. The first-order valence-electron chi connectivity index (χ1n) is 9.42. The van der Waals surface area contributed by atoms with Gasteiger partial charge in [-0.15, -0.1) is 0 Å².